The molecule has 3 nitrogen and oxygen atoms in total. The van der Waals surface area contributed by atoms with Gasteiger partial charge in [0.05, 0.1) is 19.3 Å². The van der Waals surface area contributed by atoms with Gasteiger partial charge in [-0.3, -0.25) is 9.69 Å². The summed E-state index contributed by atoms with van der Waals surface area (Å²) in [5.41, 5.74) is -0.0114. The molecule has 1 aliphatic rings. The molecule has 0 amide bonds. The van der Waals surface area contributed by atoms with Crippen molar-refractivity contribution in [2.45, 2.75) is 0 Å². The highest BCUT2D eigenvalue weighted by Crippen LogP contribution is 2.17. The van der Waals surface area contributed by atoms with Crippen LogP contribution in [0.5, 0.6) is 0 Å². The van der Waals surface area contributed by atoms with Crippen molar-refractivity contribution in [1.82, 2.24) is 0 Å². The summed E-state index contributed by atoms with van der Waals surface area (Å²) in [7, 11) is 0. The Bertz CT molecular complexity index is 373. The van der Waals surface area contributed by atoms with Crippen molar-refractivity contribution in [1.29, 1.82) is 0 Å². The molecule has 0 bridgehead atoms. The van der Waals surface area contributed by atoms with E-state index in [4.69, 9.17) is 16.3 Å². The van der Waals surface area contributed by atoms with E-state index in [-0.39, 0.29) is 5.43 Å². The summed E-state index contributed by atoms with van der Waals surface area (Å²) in [6.07, 6.45) is 0. The van der Waals surface area contributed by atoms with Crippen molar-refractivity contribution in [3.05, 3.63) is 26.7 Å². The Balaban J connectivity index is 2.26. The van der Waals surface area contributed by atoms with Gasteiger partial charge in [-0.1, -0.05) is 22.9 Å². The summed E-state index contributed by atoms with van der Waals surface area (Å²) < 4.78 is 5.82. The van der Waals surface area contributed by atoms with Crippen molar-refractivity contribution < 1.29 is 9.64 Å². The number of nitrogens with one attached hydrogen (secondary N) is 1. The molecule has 1 aromatic heterocycles. The average Bonchev–Trinajstić information content (AvgIpc) is 2.18. The Hall–Kier alpha value is -0.420. The maximum absolute atomic E-state index is 11.2. The van der Waals surface area contributed by atoms with E-state index in [0.717, 1.165) is 31.3 Å². The van der Waals surface area contributed by atoms with Crippen LogP contribution in [0.1, 0.15) is 0 Å². The monoisotopic (exact) mass is 232 g/mol. The molecule has 0 aliphatic carbocycles. The van der Waals surface area contributed by atoms with Crippen molar-refractivity contribution in [3.8, 4) is 0 Å². The zero-order valence-electron chi connectivity index (χ0n) is 7.59. The van der Waals surface area contributed by atoms with Gasteiger partial charge < -0.3 is 4.74 Å². The molecular formula is C9H11ClNO2S+. The molecule has 2 heterocycles. The fourth-order valence-corrected chi connectivity index (χ4v) is 2.75. The van der Waals surface area contributed by atoms with E-state index in [2.05, 4.69) is 0 Å². The number of quaternary nitrogens is 1. The molecule has 1 aliphatic heterocycles. The van der Waals surface area contributed by atoms with Crippen LogP contribution < -0.4 is 10.3 Å². The van der Waals surface area contributed by atoms with Gasteiger partial charge in [0.25, 0.3) is 0 Å². The Morgan fingerprint density at radius 1 is 1.36 bits per heavy atom. The highest BCUT2D eigenvalue weighted by atomic mass is 35.5. The Kier molecular flexibility index (Phi) is 3.18. The molecule has 1 aromatic rings. The van der Waals surface area contributed by atoms with Gasteiger partial charge >= 0.3 is 0 Å². The van der Waals surface area contributed by atoms with Gasteiger partial charge in [0.1, 0.15) is 17.4 Å². The molecule has 5 heteroatoms. The second kappa shape index (κ2) is 4.40. The fraction of sp³-hybridized carbons (Fsp3) is 0.444. The highest BCUT2D eigenvalue weighted by molar-refractivity contribution is 7.18. The van der Waals surface area contributed by atoms with Gasteiger partial charge in [0.2, 0.25) is 0 Å². The van der Waals surface area contributed by atoms with E-state index in [1.165, 1.54) is 22.3 Å². The number of hydrogen-bond acceptors (Lipinski definition) is 3. The summed E-state index contributed by atoms with van der Waals surface area (Å²) in [6, 6.07) is 3.12. The zero-order chi connectivity index (χ0) is 9.97. The second-order valence-electron chi connectivity index (χ2n) is 3.18. The van der Waals surface area contributed by atoms with Gasteiger partial charge in [-0.25, -0.2) is 0 Å². The van der Waals surface area contributed by atoms with Crippen LogP contribution in [0.25, 0.3) is 0 Å². The number of ether oxygens (including phenoxy) is 1. The summed E-state index contributed by atoms with van der Waals surface area (Å²) >= 11 is 7.31. The van der Waals surface area contributed by atoms with E-state index in [0.29, 0.717) is 4.34 Å². The lowest BCUT2D eigenvalue weighted by atomic mass is 10.4. The van der Waals surface area contributed by atoms with Crippen LogP contribution in [-0.4, -0.2) is 26.3 Å². The van der Waals surface area contributed by atoms with E-state index >= 15 is 0 Å². The average molecular weight is 233 g/mol. The molecule has 14 heavy (non-hydrogen) atoms. The van der Waals surface area contributed by atoms with Crippen LogP contribution in [0.3, 0.4) is 0 Å². The Morgan fingerprint density at radius 3 is 2.71 bits per heavy atom. The van der Waals surface area contributed by atoms with E-state index < -0.39 is 0 Å². The quantitative estimate of drug-likeness (QED) is 0.756. The molecule has 0 radical (unpaired) electrons. The highest BCUT2D eigenvalue weighted by Gasteiger charge is 2.18. The van der Waals surface area contributed by atoms with Gasteiger partial charge in [0.15, 0.2) is 10.4 Å². The van der Waals surface area contributed by atoms with Crippen LogP contribution in [0.4, 0.5) is 5.00 Å². The lowest BCUT2D eigenvalue weighted by Gasteiger charge is -2.22. The lowest BCUT2D eigenvalue weighted by Crippen LogP contribution is -3.09. The van der Waals surface area contributed by atoms with E-state index in [9.17, 15) is 4.79 Å². The van der Waals surface area contributed by atoms with E-state index in [1.54, 1.807) is 6.07 Å². The third-order valence-electron chi connectivity index (χ3n) is 2.18. The molecule has 0 atom stereocenters. The molecule has 0 saturated carbocycles. The number of morpholine rings is 1. The molecule has 1 saturated heterocycles. The standard InChI is InChI=1S/C9H10ClNO2S/c10-8-5-7(12)6-9(14-8)11-1-3-13-4-2-11/h5-6H,1-4H2/p+1. The minimum Gasteiger partial charge on any atom is -0.370 e. The predicted molar refractivity (Wildman–Crippen MR) is 56.8 cm³/mol. The number of rotatable bonds is 1. The van der Waals surface area contributed by atoms with E-state index in [1.807, 2.05) is 0 Å². The minimum absolute atomic E-state index is 0.0114. The predicted octanol–water partition coefficient (Wildman–Crippen LogP) is 0.308. The zero-order valence-corrected chi connectivity index (χ0v) is 9.16. The Morgan fingerprint density at radius 2 is 2.07 bits per heavy atom. The maximum Gasteiger partial charge on any atom is 0.192 e. The maximum atomic E-state index is 11.2. The summed E-state index contributed by atoms with van der Waals surface area (Å²) in [5, 5.41) is 1.02. The first-order valence-corrected chi connectivity index (χ1v) is 5.68. The van der Waals surface area contributed by atoms with Crippen LogP contribution in [0.2, 0.25) is 4.34 Å². The molecular weight excluding hydrogens is 222 g/mol. The van der Waals surface area contributed by atoms with Crippen molar-refractivity contribution in [2.24, 2.45) is 0 Å². The van der Waals surface area contributed by atoms with Crippen molar-refractivity contribution >= 4 is 27.9 Å². The molecule has 0 aromatic carbocycles. The minimum atomic E-state index is -0.0114. The number of hydrogen-bond donors (Lipinski definition) is 1. The normalized spacial score (nSPS) is 18.4. The summed E-state index contributed by atoms with van der Waals surface area (Å²) in [4.78, 5) is 12.5. The first-order valence-electron chi connectivity index (χ1n) is 4.49. The molecule has 0 unspecified atom stereocenters. The summed E-state index contributed by atoms with van der Waals surface area (Å²) in [5.74, 6) is 0. The van der Waals surface area contributed by atoms with Crippen LogP contribution in [0, 0.1) is 0 Å². The van der Waals surface area contributed by atoms with Gasteiger partial charge in [-0.15, -0.1) is 0 Å². The van der Waals surface area contributed by atoms with Crippen molar-refractivity contribution in [3.63, 3.8) is 0 Å². The lowest BCUT2D eigenvalue weighted by molar-refractivity contribution is -0.839. The van der Waals surface area contributed by atoms with Gasteiger partial charge in [-0.2, -0.15) is 0 Å². The Labute approximate surface area is 90.9 Å². The molecule has 76 valence electrons. The molecule has 1 N–H and O–H groups in total. The van der Waals surface area contributed by atoms with Crippen molar-refractivity contribution in [2.75, 3.05) is 26.3 Å². The number of halogens is 1. The largest absolute Gasteiger partial charge is 0.370 e. The third kappa shape index (κ3) is 2.33. The van der Waals surface area contributed by atoms with Crippen LogP contribution in [-0.2, 0) is 4.74 Å². The molecule has 2 rings (SSSR count). The SMILES string of the molecule is O=c1cc(Cl)sc([NH+]2CCOCC2)c1. The molecule has 0 spiro atoms. The first-order chi connectivity index (χ1) is 6.75. The third-order valence-corrected chi connectivity index (χ3v) is 3.46. The van der Waals surface area contributed by atoms with Crippen LogP contribution >= 0.6 is 22.9 Å². The topological polar surface area (TPSA) is 30.7 Å². The first kappa shape index (κ1) is 10.1. The smallest absolute Gasteiger partial charge is 0.192 e. The second-order valence-corrected chi connectivity index (χ2v) is 4.89. The fourth-order valence-electron chi connectivity index (χ4n) is 1.49. The van der Waals surface area contributed by atoms with Gasteiger partial charge in [-0.05, 0) is 0 Å². The van der Waals surface area contributed by atoms with Gasteiger partial charge in [0, 0.05) is 6.07 Å². The van der Waals surface area contributed by atoms with Crippen LogP contribution in [0.15, 0.2) is 16.9 Å². The summed E-state index contributed by atoms with van der Waals surface area (Å²) in [6.45, 7) is 3.33. The molecule has 1 fully saturated rings.